The topological polar surface area (TPSA) is 83.6 Å². The smallest absolute Gasteiger partial charge is 0.180 e. The molecule has 0 aliphatic heterocycles. The molecule has 0 radical (unpaired) electrons. The molecule has 4 heteroatoms. The molecule has 0 saturated heterocycles. The quantitative estimate of drug-likeness (QED) is 0.386. The summed E-state index contributed by atoms with van der Waals surface area (Å²) in [6.45, 7) is 0. The van der Waals surface area contributed by atoms with Gasteiger partial charge in [-0.2, -0.15) is 0 Å². The van der Waals surface area contributed by atoms with Crippen LogP contribution in [0.15, 0.2) is 11.8 Å². The van der Waals surface area contributed by atoms with E-state index < -0.39 is 12.2 Å². The van der Waals surface area contributed by atoms with E-state index in [4.69, 9.17) is 15.9 Å². The lowest BCUT2D eigenvalue weighted by Gasteiger charge is -2.18. The SMILES string of the molecule is NC1=CC(O)C(O)CC1=O. The monoisotopic (exact) mass is 143 g/mol. The second-order valence-corrected chi connectivity index (χ2v) is 2.31. The highest BCUT2D eigenvalue weighted by molar-refractivity contribution is 5.95. The normalized spacial score (nSPS) is 33.8. The Hall–Kier alpha value is -0.870. The number of allylic oxidation sites excluding steroid dienone is 1. The highest BCUT2D eigenvalue weighted by Gasteiger charge is 2.24. The summed E-state index contributed by atoms with van der Waals surface area (Å²) in [6.07, 6.45) is -0.891. The third-order valence-corrected chi connectivity index (χ3v) is 1.46. The minimum Gasteiger partial charge on any atom is -0.396 e. The van der Waals surface area contributed by atoms with Crippen LogP contribution in [0.2, 0.25) is 0 Å². The first-order valence-electron chi connectivity index (χ1n) is 2.98. The molecule has 0 bridgehead atoms. The first-order chi connectivity index (χ1) is 4.61. The second kappa shape index (κ2) is 2.40. The molecule has 0 amide bonds. The van der Waals surface area contributed by atoms with Gasteiger partial charge < -0.3 is 15.9 Å². The van der Waals surface area contributed by atoms with Crippen LogP contribution in [-0.2, 0) is 4.79 Å². The van der Waals surface area contributed by atoms with E-state index in [2.05, 4.69) is 0 Å². The zero-order valence-electron chi connectivity index (χ0n) is 5.32. The van der Waals surface area contributed by atoms with Crippen LogP contribution in [0.25, 0.3) is 0 Å². The Bertz CT molecular complexity index is 187. The summed E-state index contributed by atoms with van der Waals surface area (Å²) in [5.74, 6) is -0.308. The number of hydrogen-bond donors (Lipinski definition) is 3. The molecule has 10 heavy (non-hydrogen) atoms. The number of carbonyl (C=O) groups excluding carboxylic acids is 1. The number of carbonyl (C=O) groups is 1. The average molecular weight is 143 g/mol. The molecule has 56 valence electrons. The standard InChI is InChI=1S/C6H9NO3/c7-3-1-5(9)6(10)2-4(3)8/h1,5-6,9-10H,2,7H2. The summed E-state index contributed by atoms with van der Waals surface area (Å²) in [5.41, 5.74) is 5.21. The lowest BCUT2D eigenvalue weighted by molar-refractivity contribution is -0.119. The van der Waals surface area contributed by atoms with E-state index in [1.165, 1.54) is 0 Å². The Morgan fingerprint density at radius 2 is 2.20 bits per heavy atom. The maximum atomic E-state index is 10.7. The van der Waals surface area contributed by atoms with Gasteiger partial charge in [0.1, 0.15) is 6.10 Å². The Morgan fingerprint density at radius 1 is 1.60 bits per heavy atom. The Labute approximate surface area is 58.0 Å². The van der Waals surface area contributed by atoms with Crippen molar-refractivity contribution in [3.63, 3.8) is 0 Å². The molecule has 0 spiro atoms. The van der Waals surface area contributed by atoms with Crippen LogP contribution in [0.1, 0.15) is 6.42 Å². The number of aliphatic hydroxyl groups is 2. The van der Waals surface area contributed by atoms with Crippen LogP contribution in [0.5, 0.6) is 0 Å². The van der Waals surface area contributed by atoms with E-state index >= 15 is 0 Å². The fourth-order valence-corrected chi connectivity index (χ4v) is 0.817. The van der Waals surface area contributed by atoms with Gasteiger partial charge in [0, 0.05) is 6.42 Å². The minimum absolute atomic E-state index is 0.0396. The highest BCUT2D eigenvalue weighted by Crippen LogP contribution is 2.11. The van der Waals surface area contributed by atoms with Gasteiger partial charge in [-0.05, 0) is 6.08 Å². The molecular formula is C6H9NO3. The molecule has 0 aromatic carbocycles. The zero-order valence-corrected chi connectivity index (χ0v) is 5.32. The van der Waals surface area contributed by atoms with E-state index in [0.29, 0.717) is 0 Å². The zero-order chi connectivity index (χ0) is 7.72. The van der Waals surface area contributed by atoms with E-state index in [9.17, 15) is 4.79 Å². The van der Waals surface area contributed by atoms with Crippen molar-refractivity contribution in [2.24, 2.45) is 5.73 Å². The molecule has 1 aliphatic rings. The van der Waals surface area contributed by atoms with Gasteiger partial charge >= 0.3 is 0 Å². The van der Waals surface area contributed by atoms with Crippen LogP contribution < -0.4 is 5.73 Å². The van der Waals surface area contributed by atoms with Gasteiger partial charge in [0.05, 0.1) is 11.8 Å². The largest absolute Gasteiger partial charge is 0.396 e. The average Bonchev–Trinajstić information content (AvgIpc) is 1.84. The van der Waals surface area contributed by atoms with Crippen molar-refractivity contribution in [1.82, 2.24) is 0 Å². The van der Waals surface area contributed by atoms with Crippen LogP contribution in [0.4, 0.5) is 0 Å². The van der Waals surface area contributed by atoms with E-state index in [1.54, 1.807) is 0 Å². The van der Waals surface area contributed by atoms with E-state index in [0.717, 1.165) is 6.08 Å². The fourth-order valence-electron chi connectivity index (χ4n) is 0.817. The van der Waals surface area contributed by atoms with Crippen molar-refractivity contribution < 1.29 is 15.0 Å². The van der Waals surface area contributed by atoms with Crippen LogP contribution in [0.3, 0.4) is 0 Å². The lowest BCUT2D eigenvalue weighted by atomic mass is 9.98. The van der Waals surface area contributed by atoms with Crippen LogP contribution in [-0.4, -0.2) is 28.2 Å². The van der Waals surface area contributed by atoms with Gasteiger partial charge in [0.2, 0.25) is 0 Å². The molecule has 1 aliphatic carbocycles. The predicted octanol–water partition coefficient (Wildman–Crippen LogP) is -1.48. The fraction of sp³-hybridized carbons (Fsp3) is 0.500. The van der Waals surface area contributed by atoms with Crippen molar-refractivity contribution in [2.45, 2.75) is 18.6 Å². The highest BCUT2D eigenvalue weighted by atomic mass is 16.3. The maximum absolute atomic E-state index is 10.7. The first kappa shape index (κ1) is 7.24. The predicted molar refractivity (Wildman–Crippen MR) is 33.9 cm³/mol. The van der Waals surface area contributed by atoms with Gasteiger partial charge in [-0.3, -0.25) is 4.79 Å². The molecular weight excluding hydrogens is 134 g/mol. The van der Waals surface area contributed by atoms with Crippen LogP contribution in [0, 0.1) is 0 Å². The Morgan fingerprint density at radius 3 is 2.70 bits per heavy atom. The number of Topliss-reactive ketones (excluding diaryl/α,β-unsaturated/α-hetero) is 1. The molecule has 4 nitrogen and oxygen atoms in total. The molecule has 0 saturated carbocycles. The summed E-state index contributed by atoms with van der Waals surface area (Å²) in [6, 6.07) is 0. The molecule has 1 rings (SSSR count). The molecule has 4 N–H and O–H groups in total. The number of hydrogen-bond acceptors (Lipinski definition) is 4. The lowest BCUT2D eigenvalue weighted by Crippen LogP contribution is -2.34. The third-order valence-electron chi connectivity index (χ3n) is 1.46. The molecule has 0 heterocycles. The third kappa shape index (κ3) is 1.17. The molecule has 0 aromatic rings. The van der Waals surface area contributed by atoms with E-state index in [1.807, 2.05) is 0 Å². The number of nitrogens with two attached hydrogens (primary N) is 1. The molecule has 0 fully saturated rings. The van der Waals surface area contributed by atoms with Crippen molar-refractivity contribution >= 4 is 5.78 Å². The van der Waals surface area contributed by atoms with Gasteiger partial charge in [0.25, 0.3) is 0 Å². The summed E-state index contributed by atoms with van der Waals surface area (Å²) < 4.78 is 0. The Balaban J connectivity index is 2.79. The summed E-state index contributed by atoms with van der Waals surface area (Å²) in [7, 11) is 0. The number of aliphatic hydroxyl groups excluding tert-OH is 2. The minimum atomic E-state index is -0.988. The Kier molecular flexibility index (Phi) is 1.74. The van der Waals surface area contributed by atoms with E-state index in [-0.39, 0.29) is 17.9 Å². The van der Waals surface area contributed by atoms with Crippen LogP contribution >= 0.6 is 0 Å². The van der Waals surface area contributed by atoms with Crippen molar-refractivity contribution in [1.29, 1.82) is 0 Å². The molecule has 2 atom stereocenters. The van der Waals surface area contributed by atoms with Gasteiger partial charge in [-0.25, -0.2) is 0 Å². The van der Waals surface area contributed by atoms with Crippen molar-refractivity contribution in [3.8, 4) is 0 Å². The molecule has 2 unspecified atom stereocenters. The summed E-state index contributed by atoms with van der Waals surface area (Å²) in [4.78, 5) is 10.7. The van der Waals surface area contributed by atoms with Gasteiger partial charge in [-0.1, -0.05) is 0 Å². The van der Waals surface area contributed by atoms with Gasteiger partial charge in [0.15, 0.2) is 5.78 Å². The van der Waals surface area contributed by atoms with Crippen molar-refractivity contribution in [3.05, 3.63) is 11.8 Å². The molecule has 0 aromatic heterocycles. The summed E-state index contributed by atoms with van der Waals surface area (Å²) in [5, 5.41) is 17.8. The second-order valence-electron chi connectivity index (χ2n) is 2.31. The maximum Gasteiger partial charge on any atom is 0.180 e. The number of rotatable bonds is 0. The number of ketones is 1. The first-order valence-corrected chi connectivity index (χ1v) is 2.98. The summed E-state index contributed by atoms with van der Waals surface area (Å²) >= 11 is 0. The van der Waals surface area contributed by atoms with Crippen molar-refractivity contribution in [2.75, 3.05) is 0 Å². The van der Waals surface area contributed by atoms with Gasteiger partial charge in [-0.15, -0.1) is 0 Å².